The summed E-state index contributed by atoms with van der Waals surface area (Å²) in [6.07, 6.45) is 0.147. The van der Waals surface area contributed by atoms with Crippen LogP contribution in [0.25, 0.3) is 0 Å². The Hall–Kier alpha value is -1.67. The Morgan fingerprint density at radius 1 is 1.55 bits per heavy atom. The first-order chi connectivity index (χ1) is 9.31. The van der Waals surface area contributed by atoms with Crippen molar-refractivity contribution in [2.24, 2.45) is 7.05 Å². The van der Waals surface area contributed by atoms with Gasteiger partial charge >= 0.3 is 5.69 Å². The van der Waals surface area contributed by atoms with E-state index >= 15 is 0 Å². The van der Waals surface area contributed by atoms with Gasteiger partial charge in [-0.05, 0) is 27.4 Å². The standard InChI is InChI=1S/C12H21N5O3/c1-8-11(17(19)20)12(15(4)13-8)16-7-10(18)5-9(16)6-14(2)3/h9-10,18H,5-7H2,1-4H3. The first-order valence-electron chi connectivity index (χ1n) is 6.58. The molecular weight excluding hydrogens is 262 g/mol. The summed E-state index contributed by atoms with van der Waals surface area (Å²) >= 11 is 0. The Bertz CT molecular complexity index is 513. The number of likely N-dealkylation sites (N-methyl/N-ethyl adjacent to an activating group) is 1. The number of hydrogen-bond acceptors (Lipinski definition) is 6. The Balaban J connectivity index is 2.41. The van der Waals surface area contributed by atoms with E-state index in [1.165, 1.54) is 4.68 Å². The van der Waals surface area contributed by atoms with E-state index in [2.05, 4.69) is 5.10 Å². The van der Waals surface area contributed by atoms with Crippen molar-refractivity contribution in [2.75, 3.05) is 32.1 Å². The van der Waals surface area contributed by atoms with Crippen LogP contribution in [0.4, 0.5) is 11.5 Å². The number of aromatic nitrogens is 2. The second-order valence-electron chi connectivity index (χ2n) is 5.60. The van der Waals surface area contributed by atoms with E-state index in [0.717, 1.165) is 6.54 Å². The van der Waals surface area contributed by atoms with Gasteiger partial charge in [-0.3, -0.25) is 10.1 Å². The van der Waals surface area contributed by atoms with Crippen LogP contribution in [0.1, 0.15) is 12.1 Å². The maximum Gasteiger partial charge on any atom is 0.333 e. The molecule has 1 N–H and O–H groups in total. The lowest BCUT2D eigenvalue weighted by Crippen LogP contribution is -2.38. The van der Waals surface area contributed by atoms with Crippen molar-refractivity contribution < 1.29 is 10.0 Å². The Labute approximate surface area is 117 Å². The number of aliphatic hydroxyl groups is 1. The van der Waals surface area contributed by atoms with Gasteiger partial charge in [0.05, 0.1) is 11.0 Å². The third-order valence-electron chi connectivity index (χ3n) is 3.58. The summed E-state index contributed by atoms with van der Waals surface area (Å²) in [4.78, 5) is 14.8. The Kier molecular flexibility index (Phi) is 3.96. The van der Waals surface area contributed by atoms with Gasteiger partial charge in [0.2, 0.25) is 5.82 Å². The molecule has 8 nitrogen and oxygen atoms in total. The highest BCUT2D eigenvalue weighted by Crippen LogP contribution is 2.35. The Morgan fingerprint density at radius 2 is 2.20 bits per heavy atom. The van der Waals surface area contributed by atoms with Gasteiger partial charge in [0.15, 0.2) is 0 Å². The van der Waals surface area contributed by atoms with Gasteiger partial charge in [-0.1, -0.05) is 0 Å². The van der Waals surface area contributed by atoms with E-state index in [9.17, 15) is 15.2 Å². The lowest BCUT2D eigenvalue weighted by molar-refractivity contribution is -0.384. The normalized spacial score (nSPS) is 22.8. The van der Waals surface area contributed by atoms with Gasteiger partial charge in [-0.25, -0.2) is 4.68 Å². The molecule has 1 saturated heterocycles. The smallest absolute Gasteiger partial charge is 0.333 e. The minimum atomic E-state index is -0.463. The number of rotatable bonds is 4. The number of nitro groups is 1. The van der Waals surface area contributed by atoms with Crippen LogP contribution < -0.4 is 4.90 Å². The quantitative estimate of drug-likeness (QED) is 0.624. The minimum absolute atomic E-state index is 0.0327. The number of β-amino-alcohol motifs (C(OH)–C–C–N with tert-alkyl or cyclic N) is 1. The number of aryl methyl sites for hydroxylation is 2. The molecule has 0 aromatic carbocycles. The molecule has 0 saturated carbocycles. The van der Waals surface area contributed by atoms with Crippen molar-refractivity contribution in [3.63, 3.8) is 0 Å². The van der Waals surface area contributed by atoms with Gasteiger partial charge in [-0.15, -0.1) is 0 Å². The van der Waals surface area contributed by atoms with E-state index < -0.39 is 11.0 Å². The molecule has 1 aliphatic heterocycles. The minimum Gasteiger partial charge on any atom is -0.391 e. The fourth-order valence-electron chi connectivity index (χ4n) is 2.92. The molecule has 112 valence electrons. The second kappa shape index (κ2) is 5.37. The van der Waals surface area contributed by atoms with Gasteiger partial charge in [-0.2, -0.15) is 5.10 Å². The number of aliphatic hydroxyl groups excluding tert-OH is 1. The summed E-state index contributed by atoms with van der Waals surface area (Å²) in [5.41, 5.74) is 0.433. The van der Waals surface area contributed by atoms with Crippen LogP contribution in [-0.4, -0.2) is 64.0 Å². The van der Waals surface area contributed by atoms with Crippen molar-refractivity contribution in [1.82, 2.24) is 14.7 Å². The number of anilines is 1. The summed E-state index contributed by atoms with van der Waals surface area (Å²) in [5, 5.41) is 25.3. The van der Waals surface area contributed by atoms with Gasteiger partial charge in [0.25, 0.3) is 0 Å². The zero-order valence-corrected chi connectivity index (χ0v) is 12.3. The highest BCUT2D eigenvalue weighted by Gasteiger charge is 2.38. The Morgan fingerprint density at radius 3 is 2.75 bits per heavy atom. The fraction of sp³-hybridized carbons (Fsp3) is 0.750. The van der Waals surface area contributed by atoms with E-state index in [1.807, 2.05) is 23.9 Å². The summed E-state index contributed by atoms with van der Waals surface area (Å²) < 4.78 is 1.54. The molecule has 8 heteroatoms. The van der Waals surface area contributed by atoms with Crippen LogP contribution in [0, 0.1) is 17.0 Å². The SMILES string of the molecule is Cc1nn(C)c(N2CC(O)CC2CN(C)C)c1[N+](=O)[O-]. The molecule has 0 aliphatic carbocycles. The number of hydrogen-bond donors (Lipinski definition) is 1. The van der Waals surface area contributed by atoms with Crippen molar-refractivity contribution >= 4 is 11.5 Å². The van der Waals surface area contributed by atoms with Gasteiger partial charge in [0, 0.05) is 26.2 Å². The molecule has 0 amide bonds. The first-order valence-corrected chi connectivity index (χ1v) is 6.58. The molecule has 0 spiro atoms. The third kappa shape index (κ3) is 2.61. The maximum absolute atomic E-state index is 11.3. The van der Waals surface area contributed by atoms with Gasteiger partial charge < -0.3 is 14.9 Å². The van der Waals surface area contributed by atoms with E-state index in [4.69, 9.17) is 0 Å². The lowest BCUT2D eigenvalue weighted by atomic mass is 10.2. The molecule has 2 rings (SSSR count). The summed E-state index contributed by atoms with van der Waals surface area (Å²) in [7, 11) is 5.60. The molecule has 0 radical (unpaired) electrons. The molecule has 2 unspecified atom stereocenters. The van der Waals surface area contributed by atoms with Crippen LogP contribution in [-0.2, 0) is 7.05 Å². The van der Waals surface area contributed by atoms with Crippen LogP contribution >= 0.6 is 0 Å². The largest absolute Gasteiger partial charge is 0.391 e. The van der Waals surface area contributed by atoms with E-state index in [1.54, 1.807) is 14.0 Å². The average molecular weight is 283 g/mol. The predicted molar refractivity (Wildman–Crippen MR) is 74.9 cm³/mol. The molecule has 1 aromatic rings. The molecule has 20 heavy (non-hydrogen) atoms. The molecule has 1 fully saturated rings. The summed E-state index contributed by atoms with van der Waals surface area (Å²) in [6, 6.07) is 0.0495. The topological polar surface area (TPSA) is 87.7 Å². The molecule has 1 aromatic heterocycles. The molecule has 0 bridgehead atoms. The van der Waals surface area contributed by atoms with Crippen LogP contribution in [0.15, 0.2) is 0 Å². The zero-order chi connectivity index (χ0) is 15.0. The van der Waals surface area contributed by atoms with Crippen LogP contribution in [0.3, 0.4) is 0 Å². The summed E-state index contributed by atoms with van der Waals surface area (Å²) in [5.74, 6) is 0.482. The van der Waals surface area contributed by atoms with Gasteiger partial charge in [0.1, 0.15) is 5.69 Å². The second-order valence-corrected chi connectivity index (χ2v) is 5.60. The van der Waals surface area contributed by atoms with Crippen molar-refractivity contribution in [1.29, 1.82) is 0 Å². The van der Waals surface area contributed by atoms with Crippen molar-refractivity contribution in [2.45, 2.75) is 25.5 Å². The molecule has 2 atom stereocenters. The van der Waals surface area contributed by atoms with E-state index in [0.29, 0.717) is 24.5 Å². The maximum atomic E-state index is 11.3. The monoisotopic (exact) mass is 283 g/mol. The highest BCUT2D eigenvalue weighted by molar-refractivity contribution is 5.62. The van der Waals surface area contributed by atoms with Crippen LogP contribution in [0.5, 0.6) is 0 Å². The molecule has 2 heterocycles. The van der Waals surface area contributed by atoms with Crippen LogP contribution in [0.2, 0.25) is 0 Å². The van der Waals surface area contributed by atoms with E-state index in [-0.39, 0.29) is 11.7 Å². The summed E-state index contributed by atoms with van der Waals surface area (Å²) in [6.45, 7) is 2.77. The van der Waals surface area contributed by atoms with Crippen molar-refractivity contribution in [3.05, 3.63) is 15.8 Å². The fourth-order valence-corrected chi connectivity index (χ4v) is 2.92. The first kappa shape index (κ1) is 14.7. The lowest BCUT2D eigenvalue weighted by Gasteiger charge is -2.27. The van der Waals surface area contributed by atoms with Crippen molar-refractivity contribution in [3.8, 4) is 0 Å². The molecule has 1 aliphatic rings. The highest BCUT2D eigenvalue weighted by atomic mass is 16.6. The zero-order valence-electron chi connectivity index (χ0n) is 12.3. The average Bonchev–Trinajstić information content (AvgIpc) is 2.77. The molecular formula is C12H21N5O3. The number of nitrogens with zero attached hydrogens (tertiary/aromatic N) is 5. The third-order valence-corrected chi connectivity index (χ3v) is 3.58. The predicted octanol–water partition coefficient (Wildman–Crippen LogP) is 0.138.